The zero-order chi connectivity index (χ0) is 17.3. The summed E-state index contributed by atoms with van der Waals surface area (Å²) in [7, 11) is 0. The van der Waals surface area contributed by atoms with Crippen molar-refractivity contribution in [1.82, 2.24) is 0 Å². The van der Waals surface area contributed by atoms with Crippen LogP contribution in [0.4, 0.5) is 0 Å². The summed E-state index contributed by atoms with van der Waals surface area (Å²) in [6, 6.07) is 10.4. The molecule has 0 aliphatic heterocycles. The van der Waals surface area contributed by atoms with Crippen molar-refractivity contribution in [3.05, 3.63) is 35.9 Å². The van der Waals surface area contributed by atoms with Gasteiger partial charge in [0.1, 0.15) is 0 Å². The Morgan fingerprint density at radius 2 is 1.54 bits per heavy atom. The SMILES string of the molecule is CCCCCCCCCC(O)OCCCOCCc1ccccc1. The molecule has 3 heteroatoms. The Morgan fingerprint density at radius 3 is 2.29 bits per heavy atom. The Kier molecular flexibility index (Phi) is 13.8. The highest BCUT2D eigenvalue weighted by molar-refractivity contribution is 5.14. The Morgan fingerprint density at radius 1 is 0.833 bits per heavy atom. The molecule has 138 valence electrons. The van der Waals surface area contributed by atoms with Crippen LogP contribution in [0.15, 0.2) is 30.3 Å². The summed E-state index contributed by atoms with van der Waals surface area (Å²) < 4.78 is 11.0. The molecule has 1 unspecified atom stereocenters. The number of unbranched alkanes of at least 4 members (excludes halogenated alkanes) is 6. The van der Waals surface area contributed by atoms with Gasteiger partial charge >= 0.3 is 0 Å². The van der Waals surface area contributed by atoms with Crippen molar-refractivity contribution < 1.29 is 14.6 Å². The van der Waals surface area contributed by atoms with E-state index >= 15 is 0 Å². The van der Waals surface area contributed by atoms with Crippen molar-refractivity contribution in [1.29, 1.82) is 0 Å². The summed E-state index contributed by atoms with van der Waals surface area (Å²) in [5.74, 6) is 0. The van der Waals surface area contributed by atoms with E-state index in [1.165, 1.54) is 44.1 Å². The van der Waals surface area contributed by atoms with Crippen LogP contribution in [0, 0.1) is 0 Å². The Labute approximate surface area is 148 Å². The van der Waals surface area contributed by atoms with Crippen molar-refractivity contribution >= 4 is 0 Å². The fourth-order valence-electron chi connectivity index (χ4n) is 2.68. The molecule has 24 heavy (non-hydrogen) atoms. The molecule has 1 rings (SSSR count). The molecule has 0 saturated carbocycles. The van der Waals surface area contributed by atoms with Crippen LogP contribution in [0.2, 0.25) is 0 Å². The van der Waals surface area contributed by atoms with Gasteiger partial charge in [-0.05, 0) is 31.2 Å². The highest BCUT2D eigenvalue weighted by atomic mass is 16.6. The average molecular weight is 337 g/mol. The summed E-state index contributed by atoms with van der Waals surface area (Å²) in [6.07, 6.45) is 10.8. The largest absolute Gasteiger partial charge is 0.381 e. The van der Waals surface area contributed by atoms with E-state index in [2.05, 4.69) is 31.2 Å². The van der Waals surface area contributed by atoms with Gasteiger partial charge in [0, 0.05) is 6.61 Å². The highest BCUT2D eigenvalue weighted by Gasteiger charge is 2.03. The minimum atomic E-state index is -0.607. The standard InChI is InChI=1S/C21H36O3/c1-2-3-4-5-6-7-11-15-21(22)24-18-12-17-23-19-16-20-13-9-8-10-14-20/h8-10,13-14,21-22H,2-7,11-12,15-19H2,1H3. The molecule has 3 nitrogen and oxygen atoms in total. The van der Waals surface area contributed by atoms with Gasteiger partial charge in [0.2, 0.25) is 0 Å². The normalized spacial score (nSPS) is 12.4. The quantitative estimate of drug-likeness (QED) is 0.337. The van der Waals surface area contributed by atoms with E-state index in [1.54, 1.807) is 0 Å². The third-order valence-corrected chi connectivity index (χ3v) is 4.18. The van der Waals surface area contributed by atoms with Crippen LogP contribution in [0.1, 0.15) is 70.3 Å². The first-order valence-corrected chi connectivity index (χ1v) is 9.74. The van der Waals surface area contributed by atoms with Gasteiger partial charge in [-0.2, -0.15) is 0 Å². The minimum Gasteiger partial charge on any atom is -0.381 e. The van der Waals surface area contributed by atoms with Crippen molar-refractivity contribution in [3.63, 3.8) is 0 Å². The molecule has 1 atom stereocenters. The number of hydrogen-bond donors (Lipinski definition) is 1. The van der Waals surface area contributed by atoms with Crippen molar-refractivity contribution in [2.45, 2.75) is 77.4 Å². The molecule has 0 fully saturated rings. The summed E-state index contributed by atoms with van der Waals surface area (Å²) in [6.45, 7) is 4.24. The summed E-state index contributed by atoms with van der Waals surface area (Å²) in [4.78, 5) is 0. The summed E-state index contributed by atoms with van der Waals surface area (Å²) in [5.41, 5.74) is 1.30. The number of rotatable bonds is 16. The first-order valence-electron chi connectivity index (χ1n) is 9.74. The van der Waals surface area contributed by atoms with E-state index in [0.717, 1.165) is 32.3 Å². The van der Waals surface area contributed by atoms with Gasteiger partial charge in [0.25, 0.3) is 0 Å². The first-order chi connectivity index (χ1) is 11.8. The summed E-state index contributed by atoms with van der Waals surface area (Å²) in [5, 5.41) is 9.78. The summed E-state index contributed by atoms with van der Waals surface area (Å²) >= 11 is 0. The lowest BCUT2D eigenvalue weighted by Gasteiger charge is -2.12. The van der Waals surface area contributed by atoms with E-state index in [1.807, 2.05) is 6.07 Å². The predicted octanol–water partition coefficient (Wildman–Crippen LogP) is 5.11. The number of benzene rings is 1. The zero-order valence-corrected chi connectivity index (χ0v) is 15.4. The first kappa shape index (κ1) is 21.1. The third-order valence-electron chi connectivity index (χ3n) is 4.18. The molecule has 1 aromatic carbocycles. The molecule has 0 aromatic heterocycles. The number of ether oxygens (including phenoxy) is 2. The van der Waals surface area contributed by atoms with Gasteiger partial charge in [-0.15, -0.1) is 0 Å². The van der Waals surface area contributed by atoms with Crippen LogP contribution < -0.4 is 0 Å². The van der Waals surface area contributed by atoms with Crippen LogP contribution in [-0.2, 0) is 15.9 Å². The molecule has 0 radical (unpaired) electrons. The second kappa shape index (κ2) is 15.6. The molecule has 0 aliphatic rings. The lowest BCUT2D eigenvalue weighted by molar-refractivity contribution is -0.107. The van der Waals surface area contributed by atoms with Crippen LogP contribution in [0.5, 0.6) is 0 Å². The lowest BCUT2D eigenvalue weighted by Crippen LogP contribution is -2.14. The Hall–Kier alpha value is -0.900. The molecule has 0 spiro atoms. The molecule has 0 amide bonds. The van der Waals surface area contributed by atoms with E-state index in [4.69, 9.17) is 9.47 Å². The lowest BCUT2D eigenvalue weighted by atomic mass is 10.1. The molecule has 0 heterocycles. The Balaban J connectivity index is 1.81. The van der Waals surface area contributed by atoms with Crippen LogP contribution in [-0.4, -0.2) is 31.2 Å². The molecule has 1 N–H and O–H groups in total. The third kappa shape index (κ3) is 12.5. The smallest absolute Gasteiger partial charge is 0.154 e. The maximum absolute atomic E-state index is 9.78. The van der Waals surface area contributed by atoms with Gasteiger partial charge in [0.05, 0.1) is 13.2 Å². The zero-order valence-electron chi connectivity index (χ0n) is 15.4. The van der Waals surface area contributed by atoms with Gasteiger partial charge in [-0.1, -0.05) is 75.8 Å². The van der Waals surface area contributed by atoms with E-state index in [-0.39, 0.29) is 0 Å². The molecular weight excluding hydrogens is 300 g/mol. The Bertz CT molecular complexity index is 367. The van der Waals surface area contributed by atoms with Gasteiger partial charge < -0.3 is 14.6 Å². The van der Waals surface area contributed by atoms with Crippen molar-refractivity contribution in [3.8, 4) is 0 Å². The number of aliphatic hydroxyl groups is 1. The van der Waals surface area contributed by atoms with Gasteiger partial charge in [-0.3, -0.25) is 0 Å². The second-order valence-corrected chi connectivity index (χ2v) is 6.44. The van der Waals surface area contributed by atoms with Crippen LogP contribution in [0.3, 0.4) is 0 Å². The van der Waals surface area contributed by atoms with E-state index in [9.17, 15) is 5.11 Å². The van der Waals surface area contributed by atoms with Gasteiger partial charge in [0.15, 0.2) is 6.29 Å². The molecule has 0 saturated heterocycles. The van der Waals surface area contributed by atoms with E-state index in [0.29, 0.717) is 13.2 Å². The van der Waals surface area contributed by atoms with Crippen molar-refractivity contribution in [2.75, 3.05) is 19.8 Å². The van der Waals surface area contributed by atoms with Crippen LogP contribution >= 0.6 is 0 Å². The fraction of sp³-hybridized carbons (Fsp3) is 0.714. The molecule has 1 aromatic rings. The van der Waals surface area contributed by atoms with Crippen LogP contribution in [0.25, 0.3) is 0 Å². The average Bonchev–Trinajstić information content (AvgIpc) is 2.61. The molecule has 0 aliphatic carbocycles. The second-order valence-electron chi connectivity index (χ2n) is 6.44. The van der Waals surface area contributed by atoms with Crippen molar-refractivity contribution in [2.24, 2.45) is 0 Å². The molecule has 0 bridgehead atoms. The minimum absolute atomic E-state index is 0.572. The fourth-order valence-corrected chi connectivity index (χ4v) is 2.68. The monoisotopic (exact) mass is 336 g/mol. The van der Waals surface area contributed by atoms with E-state index < -0.39 is 6.29 Å². The maximum Gasteiger partial charge on any atom is 0.154 e. The predicted molar refractivity (Wildman–Crippen MR) is 100 cm³/mol. The highest BCUT2D eigenvalue weighted by Crippen LogP contribution is 2.10. The maximum atomic E-state index is 9.78. The molecular formula is C21H36O3. The number of aliphatic hydroxyl groups excluding tert-OH is 1. The van der Waals surface area contributed by atoms with Gasteiger partial charge in [-0.25, -0.2) is 0 Å². The number of hydrogen-bond acceptors (Lipinski definition) is 3. The topological polar surface area (TPSA) is 38.7 Å².